The number of piperidine rings is 1. The van der Waals surface area contributed by atoms with Crippen molar-refractivity contribution in [2.24, 2.45) is 0 Å². The molecule has 1 amide bonds. The van der Waals surface area contributed by atoms with Crippen molar-refractivity contribution in [1.29, 1.82) is 0 Å². The smallest absolute Gasteiger partial charge is 0.257 e. The molecular formula is C25H27N3O2. The van der Waals surface area contributed by atoms with E-state index in [2.05, 4.69) is 22.4 Å². The van der Waals surface area contributed by atoms with Gasteiger partial charge in [0.15, 0.2) is 0 Å². The number of hydrogen-bond acceptors (Lipinski definition) is 4. The average Bonchev–Trinajstić information content (AvgIpc) is 2.83. The maximum Gasteiger partial charge on any atom is 0.257 e. The van der Waals surface area contributed by atoms with Crippen LogP contribution in [0.15, 0.2) is 72.9 Å². The molecule has 30 heavy (non-hydrogen) atoms. The summed E-state index contributed by atoms with van der Waals surface area (Å²) in [6, 6.07) is 21.6. The highest BCUT2D eigenvalue weighted by Gasteiger charge is 2.21. The van der Waals surface area contributed by atoms with E-state index in [0.717, 1.165) is 42.6 Å². The van der Waals surface area contributed by atoms with Gasteiger partial charge in [0.05, 0.1) is 11.7 Å². The van der Waals surface area contributed by atoms with E-state index in [9.17, 15) is 9.90 Å². The summed E-state index contributed by atoms with van der Waals surface area (Å²) in [5.41, 5.74) is 3.64. The molecular weight excluding hydrogens is 374 g/mol. The molecule has 1 aliphatic heterocycles. The third-order valence-corrected chi connectivity index (χ3v) is 5.55. The molecule has 1 unspecified atom stereocenters. The van der Waals surface area contributed by atoms with E-state index < -0.39 is 6.10 Å². The third kappa shape index (κ3) is 4.69. The van der Waals surface area contributed by atoms with Crippen LogP contribution in [0, 0.1) is 0 Å². The van der Waals surface area contributed by atoms with Crippen molar-refractivity contribution in [3.05, 3.63) is 84.1 Å². The van der Waals surface area contributed by atoms with Crippen LogP contribution in [-0.2, 0) is 0 Å². The second-order valence-corrected chi connectivity index (χ2v) is 7.64. The number of nitrogens with one attached hydrogen (secondary N) is 1. The van der Waals surface area contributed by atoms with Crippen LogP contribution in [0.5, 0.6) is 0 Å². The Morgan fingerprint density at radius 1 is 0.933 bits per heavy atom. The quantitative estimate of drug-likeness (QED) is 0.637. The number of aromatic nitrogens is 1. The first kappa shape index (κ1) is 20.1. The van der Waals surface area contributed by atoms with E-state index in [1.165, 1.54) is 6.42 Å². The summed E-state index contributed by atoms with van der Waals surface area (Å²) in [6.07, 6.45) is 4.24. The molecule has 1 aliphatic rings. The van der Waals surface area contributed by atoms with Crippen LogP contribution < -0.4 is 5.32 Å². The molecule has 1 fully saturated rings. The highest BCUT2D eigenvalue weighted by molar-refractivity contribution is 5.98. The number of aliphatic hydroxyl groups excluding tert-OH is 1. The normalized spacial score (nSPS) is 14.9. The molecule has 1 saturated heterocycles. The average molecular weight is 402 g/mol. The van der Waals surface area contributed by atoms with Crippen LogP contribution >= 0.6 is 0 Å². The molecule has 5 heteroatoms. The highest BCUT2D eigenvalue weighted by atomic mass is 16.3. The predicted octanol–water partition coefficient (Wildman–Crippen LogP) is 4.52. The van der Waals surface area contributed by atoms with Crippen LogP contribution in [0.1, 0.15) is 41.3 Å². The largest absolute Gasteiger partial charge is 0.387 e. The Kier molecular flexibility index (Phi) is 6.40. The van der Waals surface area contributed by atoms with Gasteiger partial charge in [0, 0.05) is 25.8 Å². The van der Waals surface area contributed by atoms with Crippen LogP contribution in [-0.4, -0.2) is 40.5 Å². The van der Waals surface area contributed by atoms with Gasteiger partial charge < -0.3 is 15.3 Å². The van der Waals surface area contributed by atoms with Gasteiger partial charge in [0.2, 0.25) is 0 Å². The highest BCUT2D eigenvalue weighted by Crippen LogP contribution is 2.23. The van der Waals surface area contributed by atoms with Crippen molar-refractivity contribution in [2.75, 3.05) is 25.0 Å². The molecule has 2 heterocycles. The number of benzene rings is 2. The Bertz CT molecular complexity index is 967. The fourth-order valence-electron chi connectivity index (χ4n) is 3.83. The first-order valence-electron chi connectivity index (χ1n) is 10.5. The van der Waals surface area contributed by atoms with Gasteiger partial charge in [-0.15, -0.1) is 0 Å². The number of rotatable bonds is 6. The number of pyridine rings is 1. The number of carbonyl (C=O) groups excluding carboxylic acids is 1. The van der Waals surface area contributed by atoms with Crippen LogP contribution in [0.3, 0.4) is 0 Å². The van der Waals surface area contributed by atoms with Gasteiger partial charge in [-0.1, -0.05) is 54.6 Å². The molecule has 154 valence electrons. The number of hydrogen-bond donors (Lipinski definition) is 2. The van der Waals surface area contributed by atoms with E-state index >= 15 is 0 Å². The van der Waals surface area contributed by atoms with Gasteiger partial charge in [0.25, 0.3) is 5.91 Å². The molecule has 0 bridgehead atoms. The van der Waals surface area contributed by atoms with Crippen molar-refractivity contribution in [2.45, 2.75) is 25.4 Å². The number of likely N-dealkylation sites (tertiary alicyclic amines) is 1. The third-order valence-electron chi connectivity index (χ3n) is 5.55. The topological polar surface area (TPSA) is 65.5 Å². The lowest BCUT2D eigenvalue weighted by molar-refractivity contribution is 0.0724. The summed E-state index contributed by atoms with van der Waals surface area (Å²) >= 11 is 0. The van der Waals surface area contributed by atoms with Crippen molar-refractivity contribution in [3.8, 4) is 11.1 Å². The Morgan fingerprint density at radius 2 is 1.63 bits per heavy atom. The standard InChI is InChI=1S/C25H27N3O2/c29-23(21-13-11-20(12-14-21)19-8-3-1-4-9-19)18-27-24-22(10-7-15-26-24)25(30)28-16-5-2-6-17-28/h1,3-4,7-15,23,29H,2,5-6,16-18H2,(H,26,27). The van der Waals surface area contributed by atoms with Crippen LogP contribution in [0.4, 0.5) is 5.82 Å². The molecule has 2 aromatic carbocycles. The zero-order valence-electron chi connectivity index (χ0n) is 17.0. The molecule has 1 aromatic heterocycles. The SMILES string of the molecule is O=C(c1cccnc1NCC(O)c1ccc(-c2ccccc2)cc1)N1CCCCC1. The van der Waals surface area contributed by atoms with Gasteiger partial charge in [-0.05, 0) is 48.1 Å². The van der Waals surface area contributed by atoms with Crippen molar-refractivity contribution >= 4 is 11.7 Å². The number of nitrogens with zero attached hydrogens (tertiary/aromatic N) is 2. The molecule has 0 spiro atoms. The van der Waals surface area contributed by atoms with E-state index in [1.807, 2.05) is 47.4 Å². The van der Waals surface area contributed by atoms with Gasteiger partial charge in [-0.25, -0.2) is 4.98 Å². The molecule has 2 N–H and O–H groups in total. The minimum atomic E-state index is -0.699. The van der Waals surface area contributed by atoms with Crippen molar-refractivity contribution < 1.29 is 9.90 Å². The second kappa shape index (κ2) is 9.55. The molecule has 1 atom stereocenters. The lowest BCUT2D eigenvalue weighted by atomic mass is 10.0. The van der Waals surface area contributed by atoms with E-state index in [-0.39, 0.29) is 12.5 Å². The molecule has 3 aromatic rings. The maximum absolute atomic E-state index is 12.9. The Balaban J connectivity index is 1.41. The maximum atomic E-state index is 12.9. The summed E-state index contributed by atoms with van der Waals surface area (Å²) in [7, 11) is 0. The second-order valence-electron chi connectivity index (χ2n) is 7.64. The summed E-state index contributed by atoms with van der Waals surface area (Å²) in [6.45, 7) is 1.87. The number of aliphatic hydroxyl groups is 1. The van der Waals surface area contributed by atoms with Crippen LogP contribution in [0.2, 0.25) is 0 Å². The lowest BCUT2D eigenvalue weighted by Gasteiger charge is -2.27. The lowest BCUT2D eigenvalue weighted by Crippen LogP contribution is -2.36. The Morgan fingerprint density at radius 3 is 2.37 bits per heavy atom. The molecule has 0 radical (unpaired) electrons. The Labute approximate surface area is 177 Å². The van der Waals surface area contributed by atoms with Gasteiger partial charge in [-0.3, -0.25) is 4.79 Å². The molecule has 0 aliphatic carbocycles. The monoisotopic (exact) mass is 401 g/mol. The summed E-state index contributed by atoms with van der Waals surface area (Å²) < 4.78 is 0. The molecule has 4 rings (SSSR count). The summed E-state index contributed by atoms with van der Waals surface area (Å²) in [5.74, 6) is 0.528. The van der Waals surface area contributed by atoms with Crippen molar-refractivity contribution in [3.63, 3.8) is 0 Å². The first-order valence-corrected chi connectivity index (χ1v) is 10.5. The predicted molar refractivity (Wildman–Crippen MR) is 119 cm³/mol. The van der Waals surface area contributed by atoms with Crippen molar-refractivity contribution in [1.82, 2.24) is 9.88 Å². The zero-order valence-corrected chi connectivity index (χ0v) is 17.0. The van der Waals surface area contributed by atoms with Gasteiger partial charge in [0.1, 0.15) is 5.82 Å². The van der Waals surface area contributed by atoms with Gasteiger partial charge in [-0.2, -0.15) is 0 Å². The fourth-order valence-corrected chi connectivity index (χ4v) is 3.83. The number of amides is 1. The number of anilines is 1. The van der Waals surface area contributed by atoms with Crippen LogP contribution in [0.25, 0.3) is 11.1 Å². The molecule has 0 saturated carbocycles. The minimum absolute atomic E-state index is 0.00649. The fraction of sp³-hybridized carbons (Fsp3) is 0.280. The molecule has 5 nitrogen and oxygen atoms in total. The minimum Gasteiger partial charge on any atom is -0.387 e. The Hall–Kier alpha value is -3.18. The summed E-state index contributed by atoms with van der Waals surface area (Å²) in [5, 5.41) is 13.8. The first-order chi connectivity index (χ1) is 14.7. The zero-order chi connectivity index (χ0) is 20.8. The van der Waals surface area contributed by atoms with E-state index in [0.29, 0.717) is 11.4 Å². The number of carbonyl (C=O) groups is 1. The van der Waals surface area contributed by atoms with E-state index in [1.54, 1.807) is 18.3 Å². The summed E-state index contributed by atoms with van der Waals surface area (Å²) in [4.78, 5) is 19.1. The van der Waals surface area contributed by atoms with E-state index in [4.69, 9.17) is 0 Å². The van der Waals surface area contributed by atoms with Gasteiger partial charge >= 0.3 is 0 Å².